The molecule has 4 heteroatoms. The van der Waals surface area contributed by atoms with Gasteiger partial charge >= 0.3 is 0 Å². The van der Waals surface area contributed by atoms with Crippen LogP contribution >= 0.6 is 0 Å². The number of benzene rings is 2. The zero-order valence-corrected chi connectivity index (χ0v) is 15.0. The summed E-state index contributed by atoms with van der Waals surface area (Å²) in [7, 11) is 1.63. The zero-order chi connectivity index (χ0) is 17.7. The summed E-state index contributed by atoms with van der Waals surface area (Å²) in [6.45, 7) is 7.64. The summed E-state index contributed by atoms with van der Waals surface area (Å²) in [5.74, 6) is 1.02. The quantitative estimate of drug-likeness (QED) is 0.759. The van der Waals surface area contributed by atoms with Crippen molar-refractivity contribution in [1.82, 2.24) is 5.32 Å². The number of methoxy groups -OCH3 is 1. The van der Waals surface area contributed by atoms with Crippen LogP contribution in [0.15, 0.2) is 42.5 Å². The van der Waals surface area contributed by atoms with Gasteiger partial charge in [-0.2, -0.15) is 0 Å². The molecule has 4 nitrogen and oxygen atoms in total. The van der Waals surface area contributed by atoms with Crippen molar-refractivity contribution in [1.29, 1.82) is 0 Å². The summed E-state index contributed by atoms with van der Waals surface area (Å²) in [4.78, 5) is 0. The maximum absolute atomic E-state index is 10.7. The van der Waals surface area contributed by atoms with Gasteiger partial charge in [0.05, 0.1) is 7.11 Å². The summed E-state index contributed by atoms with van der Waals surface area (Å²) < 4.78 is 5.40. The first kappa shape index (κ1) is 18.3. The molecule has 0 fully saturated rings. The molecule has 1 atom stereocenters. The van der Waals surface area contributed by atoms with E-state index in [0.29, 0.717) is 13.1 Å². The van der Waals surface area contributed by atoms with Crippen LogP contribution in [0.4, 0.5) is 0 Å². The maximum Gasteiger partial charge on any atom is 0.128 e. The number of phenolic OH excluding ortho intramolecular Hbond substituents is 1. The average Bonchev–Trinajstić information content (AvgIpc) is 2.55. The smallest absolute Gasteiger partial charge is 0.128 e. The molecule has 0 radical (unpaired) electrons. The predicted octanol–water partition coefficient (Wildman–Crippen LogP) is 3.53. The van der Waals surface area contributed by atoms with Crippen LogP contribution in [0.2, 0.25) is 0 Å². The summed E-state index contributed by atoms with van der Waals surface area (Å²) >= 11 is 0. The van der Waals surface area contributed by atoms with Gasteiger partial charge in [0, 0.05) is 35.8 Å². The van der Waals surface area contributed by atoms with E-state index in [1.54, 1.807) is 7.11 Å². The number of hydrogen-bond donors (Lipinski definition) is 3. The number of hydrogen-bond acceptors (Lipinski definition) is 4. The molecule has 0 unspecified atom stereocenters. The van der Waals surface area contributed by atoms with Gasteiger partial charge in [0.1, 0.15) is 11.5 Å². The van der Waals surface area contributed by atoms with Crippen molar-refractivity contribution >= 4 is 0 Å². The minimum Gasteiger partial charge on any atom is -0.507 e. The van der Waals surface area contributed by atoms with Crippen LogP contribution < -0.4 is 15.8 Å². The van der Waals surface area contributed by atoms with Gasteiger partial charge in [0.2, 0.25) is 0 Å². The third-order valence-corrected chi connectivity index (χ3v) is 4.31. The molecule has 0 amide bonds. The zero-order valence-electron chi connectivity index (χ0n) is 15.0. The number of rotatable bonds is 6. The first-order valence-electron chi connectivity index (χ1n) is 8.25. The van der Waals surface area contributed by atoms with Crippen molar-refractivity contribution in [3.8, 4) is 22.6 Å². The van der Waals surface area contributed by atoms with Crippen LogP contribution in [0, 0.1) is 5.41 Å². The van der Waals surface area contributed by atoms with Crippen LogP contribution in [0.5, 0.6) is 11.5 Å². The molecule has 0 saturated heterocycles. The standard InChI is InChI=1S/C20H28N2O2/c1-20(2,3)18(21)13-22-12-14-8-7-10-16(19(14)23)15-9-5-6-11-17(15)24-4/h5-11,18,22-23H,12-13,21H2,1-4H3/t18-/m1/s1. The Hall–Kier alpha value is -2.04. The third kappa shape index (κ3) is 4.28. The minimum absolute atomic E-state index is 0.0499. The van der Waals surface area contributed by atoms with Gasteiger partial charge in [-0.3, -0.25) is 0 Å². The molecule has 0 spiro atoms. The monoisotopic (exact) mass is 328 g/mol. The average molecular weight is 328 g/mol. The van der Waals surface area contributed by atoms with Crippen molar-refractivity contribution < 1.29 is 9.84 Å². The minimum atomic E-state index is 0.0499. The Morgan fingerprint density at radius 3 is 2.42 bits per heavy atom. The fourth-order valence-corrected chi connectivity index (χ4v) is 2.49. The number of ether oxygens (including phenoxy) is 1. The molecule has 24 heavy (non-hydrogen) atoms. The fraction of sp³-hybridized carbons (Fsp3) is 0.400. The maximum atomic E-state index is 10.7. The molecule has 0 aliphatic carbocycles. The van der Waals surface area contributed by atoms with E-state index in [4.69, 9.17) is 10.5 Å². The van der Waals surface area contributed by atoms with Gasteiger partial charge in [0.25, 0.3) is 0 Å². The molecule has 4 N–H and O–H groups in total. The lowest BCUT2D eigenvalue weighted by atomic mass is 9.87. The van der Waals surface area contributed by atoms with Gasteiger partial charge in [0.15, 0.2) is 0 Å². The Labute approximate surface area is 144 Å². The number of aromatic hydroxyl groups is 1. The summed E-state index contributed by atoms with van der Waals surface area (Å²) in [6, 6.07) is 13.5. The van der Waals surface area contributed by atoms with E-state index in [2.05, 4.69) is 26.1 Å². The van der Waals surface area contributed by atoms with Crippen molar-refractivity contribution in [3.63, 3.8) is 0 Å². The third-order valence-electron chi connectivity index (χ3n) is 4.31. The molecule has 0 saturated carbocycles. The van der Waals surface area contributed by atoms with Gasteiger partial charge in [-0.1, -0.05) is 57.2 Å². The summed E-state index contributed by atoms with van der Waals surface area (Å²) in [5, 5.41) is 14.0. The van der Waals surface area contributed by atoms with Crippen molar-refractivity contribution in [2.24, 2.45) is 11.1 Å². The lowest BCUT2D eigenvalue weighted by molar-refractivity contribution is 0.308. The van der Waals surface area contributed by atoms with E-state index in [1.165, 1.54) is 0 Å². The predicted molar refractivity (Wildman–Crippen MR) is 99.2 cm³/mol. The molecule has 0 bridgehead atoms. The largest absolute Gasteiger partial charge is 0.507 e. The highest BCUT2D eigenvalue weighted by Crippen LogP contribution is 2.37. The highest BCUT2D eigenvalue weighted by atomic mass is 16.5. The van der Waals surface area contributed by atoms with E-state index >= 15 is 0 Å². The van der Waals surface area contributed by atoms with Crippen molar-refractivity contribution in [2.75, 3.05) is 13.7 Å². The molecule has 2 aromatic carbocycles. The Bertz CT molecular complexity index is 678. The highest BCUT2D eigenvalue weighted by Gasteiger charge is 2.20. The molecule has 130 valence electrons. The van der Waals surface area contributed by atoms with Gasteiger partial charge in [-0.25, -0.2) is 0 Å². The van der Waals surface area contributed by atoms with Crippen LogP contribution in [-0.2, 0) is 6.54 Å². The number of nitrogens with one attached hydrogen (secondary N) is 1. The second kappa shape index (κ2) is 7.69. The Kier molecular flexibility index (Phi) is 5.86. The molecule has 2 aromatic rings. The normalized spacial score (nSPS) is 12.9. The topological polar surface area (TPSA) is 67.5 Å². The van der Waals surface area contributed by atoms with E-state index in [-0.39, 0.29) is 17.2 Å². The Morgan fingerprint density at radius 1 is 1.08 bits per heavy atom. The summed E-state index contributed by atoms with van der Waals surface area (Å²) in [6.07, 6.45) is 0. The van der Waals surface area contributed by atoms with Crippen LogP contribution in [-0.4, -0.2) is 24.8 Å². The van der Waals surface area contributed by atoms with Crippen molar-refractivity contribution in [2.45, 2.75) is 33.4 Å². The molecule has 0 aromatic heterocycles. The number of nitrogens with two attached hydrogens (primary N) is 1. The first-order valence-corrected chi connectivity index (χ1v) is 8.25. The highest BCUT2D eigenvalue weighted by molar-refractivity contribution is 5.76. The van der Waals surface area contributed by atoms with E-state index in [9.17, 15) is 5.11 Å². The van der Waals surface area contributed by atoms with E-state index in [1.807, 2.05) is 42.5 Å². The molecule has 0 heterocycles. The molecule has 0 aliphatic heterocycles. The van der Waals surface area contributed by atoms with Gasteiger partial charge in [-0.05, 0) is 11.5 Å². The lowest BCUT2D eigenvalue weighted by Crippen LogP contribution is -2.43. The Morgan fingerprint density at radius 2 is 1.75 bits per heavy atom. The first-order chi connectivity index (χ1) is 11.3. The molecule has 0 aliphatic rings. The van der Waals surface area contributed by atoms with Crippen LogP contribution in [0.25, 0.3) is 11.1 Å². The summed E-state index contributed by atoms with van der Waals surface area (Å²) in [5.41, 5.74) is 8.72. The Balaban J connectivity index is 2.17. The fourth-order valence-electron chi connectivity index (χ4n) is 2.49. The van der Waals surface area contributed by atoms with Crippen molar-refractivity contribution in [3.05, 3.63) is 48.0 Å². The second-order valence-corrected chi connectivity index (χ2v) is 7.12. The molecule has 2 rings (SSSR count). The molecular formula is C20H28N2O2. The van der Waals surface area contributed by atoms with Gasteiger partial charge < -0.3 is 20.9 Å². The van der Waals surface area contributed by atoms with Crippen LogP contribution in [0.1, 0.15) is 26.3 Å². The lowest BCUT2D eigenvalue weighted by Gasteiger charge is -2.27. The second-order valence-electron chi connectivity index (χ2n) is 7.12. The SMILES string of the molecule is COc1ccccc1-c1cccc(CNC[C@@H](N)C(C)(C)C)c1O. The van der Waals surface area contributed by atoms with E-state index in [0.717, 1.165) is 22.4 Å². The number of phenols is 1. The van der Waals surface area contributed by atoms with E-state index < -0.39 is 0 Å². The molecular weight excluding hydrogens is 300 g/mol. The number of para-hydroxylation sites is 2. The van der Waals surface area contributed by atoms with Crippen LogP contribution in [0.3, 0.4) is 0 Å². The van der Waals surface area contributed by atoms with Gasteiger partial charge in [-0.15, -0.1) is 0 Å².